The van der Waals surface area contributed by atoms with Gasteiger partial charge in [-0.3, -0.25) is 14.4 Å². The molecule has 0 spiro atoms. The second kappa shape index (κ2) is 67.6. The fourth-order valence-electron chi connectivity index (χ4n) is 9.48. The van der Waals surface area contributed by atoms with Gasteiger partial charge in [0.1, 0.15) is 13.2 Å². The molecule has 0 aliphatic rings. The lowest BCUT2D eigenvalue weighted by Crippen LogP contribution is -2.30. The number of carbonyl (C=O) groups is 3. The van der Waals surface area contributed by atoms with E-state index in [4.69, 9.17) is 14.2 Å². The first-order valence-corrected chi connectivity index (χ1v) is 33.9. The van der Waals surface area contributed by atoms with E-state index in [0.29, 0.717) is 19.3 Å². The van der Waals surface area contributed by atoms with Crippen molar-refractivity contribution in [2.75, 3.05) is 13.2 Å². The lowest BCUT2D eigenvalue weighted by molar-refractivity contribution is -0.167. The van der Waals surface area contributed by atoms with E-state index in [0.717, 1.165) is 135 Å². The molecule has 458 valence electrons. The standard InChI is InChI=1S/C74H126O6/c1-4-7-10-13-16-19-22-25-27-28-29-30-31-32-33-34-35-36-37-38-39-40-41-42-43-44-45-46-48-49-52-55-58-61-64-67-73(76)79-70-71(69-78-72(75)66-63-60-57-54-51-24-21-18-15-12-9-6-3)80-74(77)68-65-62-59-56-53-50-47-26-23-20-17-14-11-8-5-2/h7-8,10-11,16-21,25-27,29-30,32-33,47,71H,4-6,9,12-15,22-24,28,31,34-46,48-70H2,1-3H3/b10-7-,11-8-,19-16-,20-17-,21-18-,27-25-,30-29-,33-32-,47-26-. The zero-order chi connectivity index (χ0) is 57.8. The maximum Gasteiger partial charge on any atom is 0.306 e. The van der Waals surface area contributed by atoms with Crippen LogP contribution in [-0.2, 0) is 28.6 Å². The zero-order valence-electron chi connectivity index (χ0n) is 52.6. The molecule has 6 heteroatoms. The smallest absolute Gasteiger partial charge is 0.306 e. The Morgan fingerprint density at radius 1 is 0.263 bits per heavy atom. The van der Waals surface area contributed by atoms with Gasteiger partial charge in [0.15, 0.2) is 6.10 Å². The Morgan fingerprint density at radius 2 is 0.487 bits per heavy atom. The van der Waals surface area contributed by atoms with E-state index < -0.39 is 6.10 Å². The summed E-state index contributed by atoms with van der Waals surface area (Å²) < 4.78 is 16.9. The van der Waals surface area contributed by atoms with E-state index in [-0.39, 0.29) is 31.1 Å². The molecule has 0 aliphatic heterocycles. The van der Waals surface area contributed by atoms with Crippen molar-refractivity contribution >= 4 is 17.9 Å². The summed E-state index contributed by atoms with van der Waals surface area (Å²) in [5.41, 5.74) is 0. The van der Waals surface area contributed by atoms with Gasteiger partial charge in [-0.05, 0) is 122 Å². The van der Waals surface area contributed by atoms with Crippen molar-refractivity contribution < 1.29 is 28.6 Å². The highest BCUT2D eigenvalue weighted by atomic mass is 16.6. The van der Waals surface area contributed by atoms with Gasteiger partial charge in [-0.1, -0.05) is 291 Å². The van der Waals surface area contributed by atoms with E-state index in [9.17, 15) is 14.4 Å². The van der Waals surface area contributed by atoms with Crippen LogP contribution in [0, 0.1) is 0 Å². The molecule has 0 aromatic rings. The minimum absolute atomic E-state index is 0.0849. The summed E-state index contributed by atoms with van der Waals surface area (Å²) in [6.07, 6.45) is 92.7. The first-order valence-electron chi connectivity index (χ1n) is 33.9. The molecule has 0 heterocycles. The Bertz CT molecular complexity index is 1610. The number of ether oxygens (including phenoxy) is 3. The Balaban J connectivity index is 4.11. The summed E-state index contributed by atoms with van der Waals surface area (Å²) in [7, 11) is 0. The maximum absolute atomic E-state index is 12.9. The van der Waals surface area contributed by atoms with Crippen LogP contribution in [0.1, 0.15) is 323 Å². The number of hydrogen-bond donors (Lipinski definition) is 0. The number of unbranched alkanes of at least 4 members (excludes halogenated alkanes) is 32. The van der Waals surface area contributed by atoms with E-state index in [1.807, 2.05) is 0 Å². The maximum atomic E-state index is 12.9. The van der Waals surface area contributed by atoms with Crippen LogP contribution < -0.4 is 0 Å². The molecule has 0 bridgehead atoms. The molecule has 0 amide bonds. The summed E-state index contributed by atoms with van der Waals surface area (Å²) in [6, 6.07) is 0. The molecule has 80 heavy (non-hydrogen) atoms. The van der Waals surface area contributed by atoms with Gasteiger partial charge in [0, 0.05) is 19.3 Å². The second-order valence-electron chi connectivity index (χ2n) is 22.3. The number of hydrogen-bond acceptors (Lipinski definition) is 6. The summed E-state index contributed by atoms with van der Waals surface area (Å²) in [6.45, 7) is 6.39. The molecule has 6 nitrogen and oxygen atoms in total. The molecule has 0 saturated carbocycles. The Kier molecular flexibility index (Phi) is 64.3. The zero-order valence-corrected chi connectivity index (χ0v) is 52.6. The predicted octanol–water partition coefficient (Wildman–Crippen LogP) is 23.4. The van der Waals surface area contributed by atoms with E-state index in [2.05, 4.69) is 130 Å². The highest BCUT2D eigenvalue weighted by Gasteiger charge is 2.19. The van der Waals surface area contributed by atoms with Gasteiger partial charge in [0.25, 0.3) is 0 Å². The highest BCUT2D eigenvalue weighted by molar-refractivity contribution is 5.71. The molecule has 0 radical (unpaired) electrons. The second-order valence-corrected chi connectivity index (χ2v) is 22.3. The van der Waals surface area contributed by atoms with Crippen molar-refractivity contribution in [2.24, 2.45) is 0 Å². The number of allylic oxidation sites excluding steroid dienone is 18. The van der Waals surface area contributed by atoms with Crippen LogP contribution in [0.15, 0.2) is 109 Å². The van der Waals surface area contributed by atoms with Crippen LogP contribution in [0.5, 0.6) is 0 Å². The minimum atomic E-state index is -0.789. The van der Waals surface area contributed by atoms with Crippen LogP contribution >= 0.6 is 0 Å². The van der Waals surface area contributed by atoms with Gasteiger partial charge in [-0.2, -0.15) is 0 Å². The van der Waals surface area contributed by atoms with Crippen LogP contribution in [0.3, 0.4) is 0 Å². The predicted molar refractivity (Wildman–Crippen MR) is 348 cm³/mol. The molecule has 0 fully saturated rings. The molecule has 0 rings (SSSR count). The van der Waals surface area contributed by atoms with Gasteiger partial charge in [0.2, 0.25) is 0 Å². The Morgan fingerprint density at radius 3 is 0.775 bits per heavy atom. The quantitative estimate of drug-likeness (QED) is 0.0261. The monoisotopic (exact) mass is 1110 g/mol. The molecule has 0 N–H and O–H groups in total. The number of carbonyl (C=O) groups excluding carboxylic acids is 3. The SMILES string of the molecule is CC/C=C\C/C=C\C/C=C\C/C=C\C/C=C\CCCCCCCCCCCCCCCCCCCCCC(=O)OCC(COC(=O)CCCCCCC/C=C\CCCCC)OC(=O)CCCCCCC/C=C\C/C=C\C/C=C\CC. The lowest BCUT2D eigenvalue weighted by Gasteiger charge is -2.18. The van der Waals surface area contributed by atoms with Crippen molar-refractivity contribution in [1.82, 2.24) is 0 Å². The molecule has 0 aromatic carbocycles. The Labute approximate surface area is 495 Å². The molecular weight excluding hydrogens is 985 g/mol. The van der Waals surface area contributed by atoms with E-state index in [1.165, 1.54) is 148 Å². The summed E-state index contributed by atoms with van der Waals surface area (Å²) >= 11 is 0. The van der Waals surface area contributed by atoms with Gasteiger partial charge >= 0.3 is 17.9 Å². The van der Waals surface area contributed by atoms with Crippen LogP contribution in [-0.4, -0.2) is 37.2 Å². The van der Waals surface area contributed by atoms with E-state index in [1.54, 1.807) is 0 Å². The molecule has 0 aliphatic carbocycles. The topological polar surface area (TPSA) is 78.9 Å². The third-order valence-electron chi connectivity index (χ3n) is 14.5. The average Bonchev–Trinajstić information content (AvgIpc) is 3.46. The normalized spacial score (nSPS) is 12.8. The van der Waals surface area contributed by atoms with Crippen molar-refractivity contribution in [1.29, 1.82) is 0 Å². The fraction of sp³-hybridized carbons (Fsp3) is 0.716. The lowest BCUT2D eigenvalue weighted by atomic mass is 10.0. The van der Waals surface area contributed by atoms with Gasteiger partial charge in [-0.25, -0.2) is 0 Å². The van der Waals surface area contributed by atoms with Crippen molar-refractivity contribution in [3.05, 3.63) is 109 Å². The molecular formula is C74H126O6. The fourth-order valence-corrected chi connectivity index (χ4v) is 9.48. The van der Waals surface area contributed by atoms with Crippen LogP contribution in [0.25, 0.3) is 0 Å². The van der Waals surface area contributed by atoms with Crippen molar-refractivity contribution in [3.63, 3.8) is 0 Å². The largest absolute Gasteiger partial charge is 0.462 e. The molecule has 1 atom stereocenters. The average molecular weight is 1110 g/mol. The minimum Gasteiger partial charge on any atom is -0.462 e. The molecule has 1 unspecified atom stereocenters. The van der Waals surface area contributed by atoms with Crippen molar-refractivity contribution in [2.45, 2.75) is 329 Å². The van der Waals surface area contributed by atoms with Gasteiger partial charge < -0.3 is 14.2 Å². The third-order valence-corrected chi connectivity index (χ3v) is 14.5. The van der Waals surface area contributed by atoms with Gasteiger partial charge in [-0.15, -0.1) is 0 Å². The van der Waals surface area contributed by atoms with Gasteiger partial charge in [0.05, 0.1) is 0 Å². The number of esters is 3. The first-order chi connectivity index (χ1) is 39.5. The van der Waals surface area contributed by atoms with Crippen LogP contribution in [0.2, 0.25) is 0 Å². The third kappa shape index (κ3) is 64.9. The highest BCUT2D eigenvalue weighted by Crippen LogP contribution is 2.17. The molecule has 0 saturated heterocycles. The van der Waals surface area contributed by atoms with Crippen LogP contribution in [0.4, 0.5) is 0 Å². The summed E-state index contributed by atoms with van der Waals surface area (Å²) in [4.78, 5) is 38.3. The van der Waals surface area contributed by atoms with E-state index >= 15 is 0 Å². The van der Waals surface area contributed by atoms with Crippen molar-refractivity contribution in [3.8, 4) is 0 Å². The Hall–Kier alpha value is -3.93. The summed E-state index contributed by atoms with van der Waals surface area (Å²) in [5, 5.41) is 0. The molecule has 0 aromatic heterocycles. The number of rotatable bonds is 61. The summed E-state index contributed by atoms with van der Waals surface area (Å²) in [5.74, 6) is -0.901. The first kappa shape index (κ1) is 76.1.